The van der Waals surface area contributed by atoms with Gasteiger partial charge in [-0.1, -0.05) is 28.1 Å². The van der Waals surface area contributed by atoms with Crippen LogP contribution >= 0.6 is 15.9 Å². The standard InChI is InChI=1S/C12H17BrN2O/c13-11-5-3-4-10(8-11)9-15-7-2-1-6-12(14)16/h3-5,8,15H,1-2,6-7,9H2,(H2,14,16). The predicted molar refractivity (Wildman–Crippen MR) is 68.9 cm³/mol. The zero-order valence-corrected chi connectivity index (χ0v) is 10.8. The summed E-state index contributed by atoms with van der Waals surface area (Å²) in [6.07, 6.45) is 2.33. The molecular formula is C12H17BrN2O. The molecule has 1 rings (SSSR count). The fraction of sp³-hybridized carbons (Fsp3) is 0.417. The fourth-order valence-corrected chi connectivity index (χ4v) is 1.88. The van der Waals surface area contributed by atoms with Gasteiger partial charge in [-0.15, -0.1) is 0 Å². The molecule has 0 saturated heterocycles. The number of amides is 1. The van der Waals surface area contributed by atoms with Gasteiger partial charge in [-0.2, -0.15) is 0 Å². The van der Waals surface area contributed by atoms with Crippen LogP contribution in [0.25, 0.3) is 0 Å². The van der Waals surface area contributed by atoms with Crippen molar-refractivity contribution in [2.45, 2.75) is 25.8 Å². The van der Waals surface area contributed by atoms with Crippen molar-refractivity contribution in [2.75, 3.05) is 6.54 Å². The first kappa shape index (κ1) is 13.2. The van der Waals surface area contributed by atoms with Gasteiger partial charge >= 0.3 is 0 Å². The molecule has 1 aromatic rings. The van der Waals surface area contributed by atoms with Crippen molar-refractivity contribution in [2.24, 2.45) is 5.73 Å². The molecule has 0 atom stereocenters. The predicted octanol–water partition coefficient (Wildman–Crippen LogP) is 2.19. The molecule has 88 valence electrons. The maximum atomic E-state index is 10.5. The van der Waals surface area contributed by atoms with E-state index >= 15 is 0 Å². The molecule has 0 aliphatic carbocycles. The third-order valence-corrected chi connectivity index (χ3v) is 2.74. The zero-order valence-electron chi connectivity index (χ0n) is 9.21. The van der Waals surface area contributed by atoms with Gasteiger partial charge in [-0.05, 0) is 37.1 Å². The van der Waals surface area contributed by atoms with Gasteiger partial charge in [0.15, 0.2) is 0 Å². The molecule has 0 unspecified atom stereocenters. The van der Waals surface area contributed by atoms with Crippen molar-refractivity contribution in [1.29, 1.82) is 0 Å². The molecule has 1 aromatic carbocycles. The Kier molecular flexibility index (Phi) is 6.11. The highest BCUT2D eigenvalue weighted by atomic mass is 79.9. The SMILES string of the molecule is NC(=O)CCCCNCc1cccc(Br)c1. The minimum Gasteiger partial charge on any atom is -0.370 e. The Labute approximate surface area is 105 Å². The number of primary amides is 1. The van der Waals surface area contributed by atoms with Gasteiger partial charge in [-0.25, -0.2) is 0 Å². The third-order valence-electron chi connectivity index (χ3n) is 2.24. The average molecular weight is 285 g/mol. The largest absolute Gasteiger partial charge is 0.370 e. The lowest BCUT2D eigenvalue weighted by atomic mass is 10.2. The smallest absolute Gasteiger partial charge is 0.217 e. The number of carbonyl (C=O) groups is 1. The molecule has 3 nitrogen and oxygen atoms in total. The Bertz CT molecular complexity index is 342. The van der Waals surface area contributed by atoms with Crippen molar-refractivity contribution in [3.63, 3.8) is 0 Å². The first-order valence-corrected chi connectivity index (χ1v) is 6.21. The number of hydrogen-bond acceptors (Lipinski definition) is 2. The Morgan fingerprint density at radius 1 is 1.38 bits per heavy atom. The highest BCUT2D eigenvalue weighted by Crippen LogP contribution is 2.11. The van der Waals surface area contributed by atoms with E-state index in [1.165, 1.54) is 5.56 Å². The van der Waals surface area contributed by atoms with Crippen molar-refractivity contribution >= 4 is 21.8 Å². The Morgan fingerprint density at radius 3 is 2.88 bits per heavy atom. The monoisotopic (exact) mass is 284 g/mol. The summed E-state index contributed by atoms with van der Waals surface area (Å²) in [5.74, 6) is -0.216. The average Bonchev–Trinajstić information content (AvgIpc) is 2.23. The zero-order chi connectivity index (χ0) is 11.8. The summed E-state index contributed by atoms with van der Waals surface area (Å²) < 4.78 is 1.10. The van der Waals surface area contributed by atoms with E-state index < -0.39 is 0 Å². The number of benzene rings is 1. The van der Waals surface area contributed by atoms with Crippen LogP contribution in [0, 0.1) is 0 Å². The first-order valence-electron chi connectivity index (χ1n) is 5.42. The van der Waals surface area contributed by atoms with E-state index in [-0.39, 0.29) is 5.91 Å². The second kappa shape index (κ2) is 7.41. The van der Waals surface area contributed by atoms with Crippen molar-refractivity contribution < 1.29 is 4.79 Å². The van der Waals surface area contributed by atoms with Gasteiger partial charge in [0, 0.05) is 17.4 Å². The molecule has 3 N–H and O–H groups in total. The Morgan fingerprint density at radius 2 is 2.19 bits per heavy atom. The number of halogens is 1. The number of nitrogens with one attached hydrogen (secondary N) is 1. The van der Waals surface area contributed by atoms with Crippen LogP contribution in [-0.2, 0) is 11.3 Å². The second-order valence-corrected chi connectivity index (χ2v) is 4.65. The van der Waals surface area contributed by atoms with Gasteiger partial charge in [0.2, 0.25) is 5.91 Å². The molecule has 0 aromatic heterocycles. The van der Waals surface area contributed by atoms with E-state index in [0.29, 0.717) is 6.42 Å². The molecule has 0 radical (unpaired) electrons. The fourth-order valence-electron chi connectivity index (χ4n) is 1.43. The first-order chi connectivity index (χ1) is 7.68. The van der Waals surface area contributed by atoms with Gasteiger partial charge < -0.3 is 11.1 Å². The highest BCUT2D eigenvalue weighted by Gasteiger charge is 1.95. The van der Waals surface area contributed by atoms with Gasteiger partial charge in [-0.3, -0.25) is 4.79 Å². The minimum absolute atomic E-state index is 0.216. The topological polar surface area (TPSA) is 55.1 Å². The molecule has 4 heteroatoms. The lowest BCUT2D eigenvalue weighted by Gasteiger charge is -2.04. The van der Waals surface area contributed by atoms with Crippen LogP contribution in [0.1, 0.15) is 24.8 Å². The summed E-state index contributed by atoms with van der Waals surface area (Å²) in [4.78, 5) is 10.5. The van der Waals surface area contributed by atoms with Crippen LogP contribution in [0.15, 0.2) is 28.7 Å². The van der Waals surface area contributed by atoms with Gasteiger partial charge in [0.1, 0.15) is 0 Å². The van der Waals surface area contributed by atoms with E-state index in [0.717, 1.165) is 30.4 Å². The lowest BCUT2D eigenvalue weighted by Crippen LogP contribution is -2.16. The van der Waals surface area contributed by atoms with Crippen molar-refractivity contribution in [3.05, 3.63) is 34.3 Å². The normalized spacial score (nSPS) is 10.3. The summed E-state index contributed by atoms with van der Waals surface area (Å²) in [6.45, 7) is 1.77. The lowest BCUT2D eigenvalue weighted by molar-refractivity contribution is -0.118. The summed E-state index contributed by atoms with van der Waals surface area (Å²) in [6, 6.07) is 8.21. The molecular weight excluding hydrogens is 268 g/mol. The number of hydrogen-bond donors (Lipinski definition) is 2. The van der Waals surface area contributed by atoms with Crippen molar-refractivity contribution in [3.8, 4) is 0 Å². The quantitative estimate of drug-likeness (QED) is 0.755. The summed E-state index contributed by atoms with van der Waals surface area (Å²) >= 11 is 3.43. The van der Waals surface area contributed by atoms with Crippen LogP contribution in [0.2, 0.25) is 0 Å². The molecule has 0 heterocycles. The summed E-state index contributed by atoms with van der Waals surface area (Å²) in [7, 11) is 0. The van der Waals surface area contributed by atoms with E-state index in [1.807, 2.05) is 12.1 Å². The number of rotatable bonds is 7. The summed E-state index contributed by atoms with van der Waals surface area (Å²) in [5.41, 5.74) is 6.30. The van der Waals surface area contributed by atoms with Crippen LogP contribution in [0.5, 0.6) is 0 Å². The molecule has 1 amide bonds. The van der Waals surface area contributed by atoms with E-state index in [2.05, 4.69) is 33.4 Å². The number of carbonyl (C=O) groups excluding carboxylic acids is 1. The number of unbranched alkanes of at least 4 members (excludes halogenated alkanes) is 1. The second-order valence-electron chi connectivity index (χ2n) is 3.73. The van der Waals surface area contributed by atoms with Gasteiger partial charge in [0.05, 0.1) is 0 Å². The van der Waals surface area contributed by atoms with E-state index in [9.17, 15) is 4.79 Å². The Hall–Kier alpha value is -0.870. The molecule has 0 aliphatic heterocycles. The van der Waals surface area contributed by atoms with Crippen molar-refractivity contribution in [1.82, 2.24) is 5.32 Å². The molecule has 0 fully saturated rings. The summed E-state index contributed by atoms with van der Waals surface area (Å²) in [5, 5.41) is 3.33. The van der Waals surface area contributed by atoms with Gasteiger partial charge in [0.25, 0.3) is 0 Å². The van der Waals surface area contributed by atoms with E-state index in [4.69, 9.17) is 5.73 Å². The molecule has 0 bridgehead atoms. The van der Waals surface area contributed by atoms with E-state index in [1.54, 1.807) is 0 Å². The minimum atomic E-state index is -0.216. The maximum absolute atomic E-state index is 10.5. The van der Waals surface area contributed by atoms with Crippen LogP contribution in [0.3, 0.4) is 0 Å². The van der Waals surface area contributed by atoms with Crippen LogP contribution < -0.4 is 11.1 Å². The van der Waals surface area contributed by atoms with Crippen LogP contribution in [-0.4, -0.2) is 12.5 Å². The molecule has 16 heavy (non-hydrogen) atoms. The number of nitrogens with two attached hydrogens (primary N) is 1. The molecule has 0 saturated carbocycles. The highest BCUT2D eigenvalue weighted by molar-refractivity contribution is 9.10. The molecule has 0 spiro atoms. The molecule has 0 aliphatic rings. The van der Waals surface area contributed by atoms with Crippen LogP contribution in [0.4, 0.5) is 0 Å². The maximum Gasteiger partial charge on any atom is 0.217 e. The third kappa shape index (κ3) is 5.88. The Balaban J connectivity index is 2.09.